The number of halogens is 4. The van der Waals surface area contributed by atoms with Crippen LogP contribution in [-0.2, 0) is 19.6 Å². The minimum absolute atomic E-state index is 0.295. The van der Waals surface area contributed by atoms with Gasteiger partial charge in [0.05, 0.1) is 4.90 Å². The zero-order chi connectivity index (χ0) is 28.9. The highest BCUT2D eigenvalue weighted by Gasteiger charge is 2.38. The highest BCUT2D eigenvalue weighted by atomic mass is 32.2. The summed E-state index contributed by atoms with van der Waals surface area (Å²) in [6, 6.07) is 6.64. The fourth-order valence-corrected chi connectivity index (χ4v) is 6.65. The number of ether oxygens (including phenoxy) is 1. The second-order valence-corrected chi connectivity index (χ2v) is 13.1. The van der Waals surface area contributed by atoms with Gasteiger partial charge in [0.15, 0.2) is 11.6 Å². The van der Waals surface area contributed by atoms with Crippen LogP contribution in [0.2, 0.25) is 0 Å². The van der Waals surface area contributed by atoms with E-state index in [0.29, 0.717) is 63.4 Å². The Hall–Kier alpha value is -2.35. The van der Waals surface area contributed by atoms with Gasteiger partial charge in [0.2, 0.25) is 0 Å². The molecule has 7 nitrogen and oxygen atoms in total. The number of hydrogen-bond acceptors (Lipinski definition) is 7. The Morgan fingerprint density at radius 1 is 1.12 bits per heavy atom. The van der Waals surface area contributed by atoms with Crippen LogP contribution < -0.4 is 10.0 Å². The molecule has 0 aromatic heterocycles. The fraction of sp³-hybridized carbons (Fsp3) is 0.519. The van der Waals surface area contributed by atoms with Crippen molar-refractivity contribution in [1.29, 1.82) is 0 Å². The summed E-state index contributed by atoms with van der Waals surface area (Å²) in [5.74, 6) is -3.21. The Bertz CT molecular complexity index is 1260. The molecule has 40 heavy (non-hydrogen) atoms. The molecule has 2 saturated heterocycles. The number of anilines is 1. The lowest BCUT2D eigenvalue weighted by Crippen LogP contribution is -2.49. The van der Waals surface area contributed by atoms with Crippen LogP contribution in [0.1, 0.15) is 39.0 Å². The molecule has 2 aromatic rings. The first kappa shape index (κ1) is 30.6. The van der Waals surface area contributed by atoms with Crippen molar-refractivity contribution in [2.45, 2.75) is 66.6 Å². The van der Waals surface area contributed by atoms with Crippen molar-refractivity contribution < 1.29 is 35.5 Å². The number of alkyl halides is 1. The monoisotopic (exact) mass is 603 g/mol. The number of carbonyl (C=O) groups excluding carboxylic acids is 1. The third-order valence-corrected chi connectivity index (χ3v) is 9.56. The van der Waals surface area contributed by atoms with Crippen LogP contribution in [-0.4, -0.2) is 69.0 Å². The lowest BCUT2D eigenvalue weighted by atomic mass is 9.99. The molecule has 2 atom stereocenters. The standard InChI is InChI=1S/C27H33F4N3O4S2/c1-27(10-3-2-4-12-38-27)26(35)33-40(36,37)22-13-23(30)25(24(31)14-22)32-20(9-11-34-15-19(29)16-34)17-39-21-7-5-18(28)6-8-21/h5-8,13-14,19-20,32H,2-4,9-12,15-17H2,1H3,(H,33,35)/t20-,27-/m1/s1. The molecule has 0 spiro atoms. The molecule has 2 N–H and O–H groups in total. The second kappa shape index (κ2) is 13.1. The Morgan fingerprint density at radius 2 is 1.80 bits per heavy atom. The van der Waals surface area contributed by atoms with Crippen molar-refractivity contribution in [3.05, 3.63) is 53.8 Å². The maximum absolute atomic E-state index is 15.1. The Kier molecular flexibility index (Phi) is 10.0. The Labute approximate surface area is 236 Å². The average Bonchev–Trinajstić information content (AvgIpc) is 3.12. The van der Waals surface area contributed by atoms with Gasteiger partial charge in [-0.05, 0) is 69.0 Å². The zero-order valence-electron chi connectivity index (χ0n) is 22.1. The number of carbonyl (C=O) groups is 1. The maximum Gasteiger partial charge on any atom is 0.265 e. The highest BCUT2D eigenvalue weighted by Crippen LogP contribution is 2.29. The van der Waals surface area contributed by atoms with Crippen LogP contribution in [0.25, 0.3) is 0 Å². The van der Waals surface area contributed by atoms with Crippen molar-refractivity contribution in [3.63, 3.8) is 0 Å². The molecule has 0 radical (unpaired) electrons. The SMILES string of the molecule is C[C@]1(C(=O)NS(=O)(=O)c2cc(F)c(N[C@H](CCN3CC(F)C3)CSc3ccc(F)cc3)c(F)c2)CCCCCO1. The molecule has 0 saturated carbocycles. The number of sulfonamides is 1. The predicted molar refractivity (Wildman–Crippen MR) is 145 cm³/mol. The van der Waals surface area contributed by atoms with E-state index in [9.17, 15) is 22.0 Å². The summed E-state index contributed by atoms with van der Waals surface area (Å²) >= 11 is 1.35. The molecule has 2 aliphatic heterocycles. The van der Waals surface area contributed by atoms with Crippen LogP contribution in [0.15, 0.2) is 46.2 Å². The molecule has 2 aromatic carbocycles. The molecule has 0 unspecified atom stereocenters. The van der Waals surface area contributed by atoms with Crippen LogP contribution in [0.5, 0.6) is 0 Å². The van der Waals surface area contributed by atoms with Gasteiger partial charge < -0.3 is 10.1 Å². The van der Waals surface area contributed by atoms with Crippen LogP contribution in [0.4, 0.5) is 23.2 Å². The lowest BCUT2D eigenvalue weighted by molar-refractivity contribution is -0.142. The summed E-state index contributed by atoms with van der Waals surface area (Å²) in [4.78, 5) is 14.7. The van der Waals surface area contributed by atoms with Crippen molar-refractivity contribution in [1.82, 2.24) is 9.62 Å². The molecule has 220 valence electrons. The van der Waals surface area contributed by atoms with E-state index in [1.54, 1.807) is 12.1 Å². The summed E-state index contributed by atoms with van der Waals surface area (Å²) < 4.78 is 90.0. The predicted octanol–water partition coefficient (Wildman–Crippen LogP) is 4.87. The number of rotatable bonds is 11. The first-order valence-corrected chi connectivity index (χ1v) is 15.6. The molecule has 1 amide bonds. The van der Waals surface area contributed by atoms with Gasteiger partial charge >= 0.3 is 0 Å². The van der Waals surface area contributed by atoms with Gasteiger partial charge in [-0.3, -0.25) is 9.69 Å². The second-order valence-electron chi connectivity index (χ2n) is 10.3. The molecular formula is C27H33F4N3O4S2. The summed E-state index contributed by atoms with van der Waals surface area (Å²) in [6.07, 6.45) is 2.13. The lowest BCUT2D eigenvalue weighted by Gasteiger charge is -2.35. The van der Waals surface area contributed by atoms with E-state index in [1.165, 1.54) is 30.8 Å². The molecule has 2 fully saturated rings. The van der Waals surface area contributed by atoms with Crippen LogP contribution >= 0.6 is 11.8 Å². The van der Waals surface area contributed by atoms with E-state index >= 15 is 8.78 Å². The Balaban J connectivity index is 1.47. The number of nitrogens with one attached hydrogen (secondary N) is 2. The maximum atomic E-state index is 15.1. The van der Waals surface area contributed by atoms with Crippen molar-refractivity contribution in [2.24, 2.45) is 0 Å². The molecular weight excluding hydrogens is 570 g/mol. The van der Waals surface area contributed by atoms with E-state index in [0.717, 1.165) is 17.7 Å². The highest BCUT2D eigenvalue weighted by molar-refractivity contribution is 7.99. The number of likely N-dealkylation sites (tertiary alicyclic amines) is 1. The number of hydrogen-bond donors (Lipinski definition) is 2. The molecule has 2 aliphatic rings. The van der Waals surface area contributed by atoms with Crippen molar-refractivity contribution in [2.75, 3.05) is 37.3 Å². The number of benzene rings is 2. The van der Waals surface area contributed by atoms with Crippen molar-refractivity contribution in [3.8, 4) is 0 Å². The summed E-state index contributed by atoms with van der Waals surface area (Å²) in [7, 11) is -4.59. The van der Waals surface area contributed by atoms with E-state index < -0.39 is 56.0 Å². The van der Waals surface area contributed by atoms with Crippen molar-refractivity contribution >= 4 is 33.4 Å². The van der Waals surface area contributed by atoms with Crippen LogP contribution in [0, 0.1) is 17.5 Å². The molecule has 0 bridgehead atoms. The van der Waals surface area contributed by atoms with E-state index in [2.05, 4.69) is 5.32 Å². The van der Waals surface area contributed by atoms with E-state index in [4.69, 9.17) is 4.74 Å². The van der Waals surface area contributed by atoms with E-state index in [-0.39, 0.29) is 5.82 Å². The van der Waals surface area contributed by atoms with Gasteiger partial charge in [-0.2, -0.15) is 0 Å². The summed E-state index contributed by atoms with van der Waals surface area (Å²) in [6.45, 7) is 2.88. The Morgan fingerprint density at radius 3 is 2.45 bits per heavy atom. The summed E-state index contributed by atoms with van der Waals surface area (Å²) in [5.41, 5.74) is -1.88. The minimum Gasteiger partial charge on any atom is -0.377 e. The van der Waals surface area contributed by atoms with Gasteiger partial charge in [-0.25, -0.2) is 30.7 Å². The summed E-state index contributed by atoms with van der Waals surface area (Å²) in [5, 5.41) is 2.83. The third kappa shape index (κ3) is 7.89. The number of amides is 1. The zero-order valence-corrected chi connectivity index (χ0v) is 23.7. The minimum atomic E-state index is -4.59. The molecule has 2 heterocycles. The van der Waals surface area contributed by atoms with Gasteiger partial charge in [0.1, 0.15) is 23.3 Å². The van der Waals surface area contributed by atoms with Crippen LogP contribution in [0.3, 0.4) is 0 Å². The fourth-order valence-electron chi connectivity index (χ4n) is 4.58. The normalized spacial score (nSPS) is 21.3. The quantitative estimate of drug-likeness (QED) is 0.280. The molecule has 13 heteroatoms. The van der Waals surface area contributed by atoms with Gasteiger partial charge in [-0.1, -0.05) is 6.42 Å². The smallest absolute Gasteiger partial charge is 0.265 e. The van der Waals surface area contributed by atoms with Gasteiger partial charge in [0, 0.05) is 42.9 Å². The topological polar surface area (TPSA) is 87.7 Å². The molecule has 4 rings (SSSR count). The third-order valence-electron chi connectivity index (χ3n) is 7.07. The first-order valence-electron chi connectivity index (χ1n) is 13.2. The average molecular weight is 604 g/mol. The van der Waals surface area contributed by atoms with Gasteiger partial charge in [-0.15, -0.1) is 11.8 Å². The van der Waals surface area contributed by atoms with E-state index in [1.807, 2.05) is 9.62 Å². The van der Waals surface area contributed by atoms with Gasteiger partial charge in [0.25, 0.3) is 15.9 Å². The largest absolute Gasteiger partial charge is 0.377 e. The number of thioether (sulfide) groups is 1. The molecule has 0 aliphatic carbocycles. The first-order chi connectivity index (χ1) is 18.9. The number of nitrogens with zero attached hydrogens (tertiary/aromatic N) is 1.